The van der Waals surface area contributed by atoms with Crippen molar-refractivity contribution in [2.75, 3.05) is 0 Å². The third-order valence-corrected chi connectivity index (χ3v) is 2.99. The lowest BCUT2D eigenvalue weighted by molar-refractivity contribution is -0.109. The third kappa shape index (κ3) is 2.13. The van der Waals surface area contributed by atoms with E-state index in [-0.39, 0.29) is 5.78 Å². The van der Waals surface area contributed by atoms with E-state index in [1.807, 2.05) is 30.3 Å². The predicted octanol–water partition coefficient (Wildman–Crippen LogP) is 1.80. The molecule has 0 aromatic heterocycles. The largest absolute Gasteiger partial charge is 0.289 e. The van der Waals surface area contributed by atoms with Crippen molar-refractivity contribution in [2.45, 2.75) is 20.3 Å². The number of carbonyl (C=O) groups is 1. The summed E-state index contributed by atoms with van der Waals surface area (Å²) in [7, 11) is 0. The van der Waals surface area contributed by atoms with Crippen molar-refractivity contribution in [3.05, 3.63) is 46.4 Å². The standard InChI is InChI=1S/C15H16O/c1-3-11(2)8-14-9-12-6-4-5-7-13(12)10-15(14)16/h4-11H,3H2,1-2H3/b14-8-. The summed E-state index contributed by atoms with van der Waals surface area (Å²) < 4.78 is 0. The lowest BCUT2D eigenvalue weighted by Gasteiger charge is -2.07. The lowest BCUT2D eigenvalue weighted by Crippen LogP contribution is -2.29. The van der Waals surface area contributed by atoms with Gasteiger partial charge in [-0.2, -0.15) is 0 Å². The molecule has 0 aliphatic heterocycles. The minimum atomic E-state index is 0.124. The molecule has 16 heavy (non-hydrogen) atoms. The highest BCUT2D eigenvalue weighted by Crippen LogP contribution is 2.10. The maximum atomic E-state index is 11.9. The molecule has 1 aromatic carbocycles. The van der Waals surface area contributed by atoms with Crippen LogP contribution in [0.2, 0.25) is 0 Å². The Hall–Kier alpha value is -1.63. The summed E-state index contributed by atoms with van der Waals surface area (Å²) in [4.78, 5) is 11.9. The molecule has 1 aliphatic rings. The monoisotopic (exact) mass is 212 g/mol. The van der Waals surface area contributed by atoms with Gasteiger partial charge in [0.2, 0.25) is 0 Å². The lowest BCUT2D eigenvalue weighted by atomic mass is 9.97. The molecule has 0 saturated carbocycles. The summed E-state index contributed by atoms with van der Waals surface area (Å²) in [6.45, 7) is 4.27. The first kappa shape index (κ1) is 10.9. The van der Waals surface area contributed by atoms with Gasteiger partial charge in [-0.3, -0.25) is 4.79 Å². The van der Waals surface area contributed by atoms with E-state index in [0.29, 0.717) is 5.92 Å². The van der Waals surface area contributed by atoms with Crippen LogP contribution in [-0.2, 0) is 4.79 Å². The minimum Gasteiger partial charge on any atom is -0.289 e. The van der Waals surface area contributed by atoms with E-state index in [2.05, 4.69) is 19.9 Å². The molecule has 1 nitrogen and oxygen atoms in total. The average Bonchev–Trinajstić information content (AvgIpc) is 2.30. The van der Waals surface area contributed by atoms with Gasteiger partial charge in [-0.25, -0.2) is 0 Å². The number of hydrogen-bond acceptors (Lipinski definition) is 1. The second kappa shape index (κ2) is 4.48. The van der Waals surface area contributed by atoms with Crippen LogP contribution in [0, 0.1) is 5.92 Å². The zero-order valence-electron chi connectivity index (χ0n) is 9.73. The molecule has 0 saturated heterocycles. The fraction of sp³-hybridized carbons (Fsp3) is 0.267. The molecule has 0 N–H and O–H groups in total. The van der Waals surface area contributed by atoms with Gasteiger partial charge in [0.1, 0.15) is 0 Å². The summed E-state index contributed by atoms with van der Waals surface area (Å²) in [5.41, 5.74) is 0.827. The molecule has 0 bridgehead atoms. The highest BCUT2D eigenvalue weighted by Gasteiger charge is 2.09. The molecule has 0 heterocycles. The zero-order chi connectivity index (χ0) is 11.5. The van der Waals surface area contributed by atoms with Crippen molar-refractivity contribution in [1.29, 1.82) is 0 Å². The molecule has 1 unspecified atom stereocenters. The first-order valence-electron chi connectivity index (χ1n) is 5.75. The van der Waals surface area contributed by atoms with E-state index in [1.54, 1.807) is 6.08 Å². The molecule has 0 amide bonds. The van der Waals surface area contributed by atoms with Crippen LogP contribution in [-0.4, -0.2) is 5.78 Å². The summed E-state index contributed by atoms with van der Waals surface area (Å²) in [5, 5.41) is 2.16. The van der Waals surface area contributed by atoms with Gasteiger partial charge in [-0.05, 0) is 28.5 Å². The van der Waals surface area contributed by atoms with Crippen LogP contribution in [0.15, 0.2) is 35.9 Å². The molecule has 1 atom stereocenters. The van der Waals surface area contributed by atoms with Crippen molar-refractivity contribution in [3.8, 4) is 0 Å². The first-order chi connectivity index (χ1) is 7.70. The molecule has 82 valence electrons. The van der Waals surface area contributed by atoms with Crippen LogP contribution in [0.3, 0.4) is 0 Å². The Bertz CT molecular complexity index is 549. The van der Waals surface area contributed by atoms with Gasteiger partial charge in [0.15, 0.2) is 5.78 Å². The van der Waals surface area contributed by atoms with Crippen molar-refractivity contribution in [3.63, 3.8) is 0 Å². The Morgan fingerprint density at radius 3 is 2.44 bits per heavy atom. The van der Waals surface area contributed by atoms with Crippen molar-refractivity contribution < 1.29 is 4.79 Å². The Balaban J connectivity index is 2.52. The topological polar surface area (TPSA) is 17.1 Å². The van der Waals surface area contributed by atoms with Crippen LogP contribution >= 0.6 is 0 Å². The summed E-state index contributed by atoms with van der Waals surface area (Å²) >= 11 is 0. The van der Waals surface area contributed by atoms with Gasteiger partial charge in [0, 0.05) is 5.57 Å². The van der Waals surface area contributed by atoms with E-state index in [1.165, 1.54) is 0 Å². The molecule has 1 heteroatoms. The van der Waals surface area contributed by atoms with Crippen molar-refractivity contribution >= 4 is 17.9 Å². The number of fused-ring (bicyclic) bond motifs is 1. The SMILES string of the molecule is CCC(C)/C=C1/C=c2ccccc2=CC1=O. The van der Waals surface area contributed by atoms with Crippen LogP contribution in [0.1, 0.15) is 20.3 Å². The molecule has 0 radical (unpaired) electrons. The smallest absolute Gasteiger partial charge is 0.186 e. The normalized spacial score (nSPS) is 18.6. The Morgan fingerprint density at radius 2 is 1.81 bits per heavy atom. The molecule has 2 rings (SSSR count). The number of carbonyl (C=O) groups excluding carboxylic acids is 1. The minimum absolute atomic E-state index is 0.124. The number of rotatable bonds is 2. The van der Waals surface area contributed by atoms with Crippen LogP contribution in [0.4, 0.5) is 0 Å². The molecule has 1 aliphatic carbocycles. The Kier molecular flexibility index (Phi) is 3.04. The average molecular weight is 212 g/mol. The van der Waals surface area contributed by atoms with E-state index >= 15 is 0 Å². The molecule has 0 fully saturated rings. The highest BCUT2D eigenvalue weighted by atomic mass is 16.1. The van der Waals surface area contributed by atoms with Gasteiger partial charge >= 0.3 is 0 Å². The van der Waals surface area contributed by atoms with Crippen LogP contribution < -0.4 is 10.4 Å². The van der Waals surface area contributed by atoms with E-state index in [9.17, 15) is 4.79 Å². The Labute approximate surface area is 95.8 Å². The highest BCUT2D eigenvalue weighted by molar-refractivity contribution is 6.22. The fourth-order valence-corrected chi connectivity index (χ4v) is 1.79. The maximum absolute atomic E-state index is 11.9. The van der Waals surface area contributed by atoms with Gasteiger partial charge in [0.25, 0.3) is 0 Å². The van der Waals surface area contributed by atoms with Gasteiger partial charge in [-0.1, -0.05) is 50.6 Å². The molecule has 1 aromatic rings. The van der Waals surface area contributed by atoms with Crippen molar-refractivity contribution in [1.82, 2.24) is 0 Å². The van der Waals surface area contributed by atoms with Gasteiger partial charge < -0.3 is 0 Å². The number of Topliss-reactive ketones (excluding diaryl/α,β-unsaturated/α-hetero) is 1. The number of hydrogen-bond donors (Lipinski definition) is 0. The molecule has 0 spiro atoms. The van der Waals surface area contributed by atoms with E-state index < -0.39 is 0 Å². The molecular weight excluding hydrogens is 196 g/mol. The summed E-state index contributed by atoms with van der Waals surface area (Å²) in [5.74, 6) is 0.577. The fourth-order valence-electron chi connectivity index (χ4n) is 1.79. The number of ketones is 1. The summed E-state index contributed by atoms with van der Waals surface area (Å²) in [6, 6.07) is 7.98. The van der Waals surface area contributed by atoms with E-state index in [0.717, 1.165) is 22.4 Å². The first-order valence-corrected chi connectivity index (χ1v) is 5.75. The van der Waals surface area contributed by atoms with E-state index in [4.69, 9.17) is 0 Å². The van der Waals surface area contributed by atoms with Crippen molar-refractivity contribution in [2.24, 2.45) is 5.92 Å². The zero-order valence-corrected chi connectivity index (χ0v) is 9.73. The maximum Gasteiger partial charge on any atom is 0.186 e. The van der Waals surface area contributed by atoms with Crippen LogP contribution in [0.5, 0.6) is 0 Å². The van der Waals surface area contributed by atoms with Gasteiger partial charge in [-0.15, -0.1) is 0 Å². The quantitative estimate of drug-likeness (QED) is 0.683. The third-order valence-electron chi connectivity index (χ3n) is 2.99. The second-order valence-electron chi connectivity index (χ2n) is 4.29. The number of benzene rings is 1. The predicted molar refractivity (Wildman–Crippen MR) is 67.2 cm³/mol. The Morgan fingerprint density at radius 1 is 1.19 bits per heavy atom. The van der Waals surface area contributed by atoms with Crippen LogP contribution in [0.25, 0.3) is 12.2 Å². The van der Waals surface area contributed by atoms with Gasteiger partial charge in [0.05, 0.1) is 0 Å². The number of allylic oxidation sites excluding steroid dienone is 2. The second-order valence-corrected chi connectivity index (χ2v) is 4.29. The summed E-state index contributed by atoms with van der Waals surface area (Å²) in [6.07, 6.45) is 6.84. The molecular formula is C15H16O.